The van der Waals surface area contributed by atoms with Gasteiger partial charge in [-0.3, -0.25) is 4.99 Å². The summed E-state index contributed by atoms with van der Waals surface area (Å²) in [4.78, 5) is 4.68. The number of benzene rings is 2. The number of fused-ring (bicyclic) bond motifs is 1. The van der Waals surface area contributed by atoms with Crippen LogP contribution in [0, 0.1) is 0 Å². The molecule has 0 amide bonds. The van der Waals surface area contributed by atoms with Crippen molar-refractivity contribution in [3.63, 3.8) is 0 Å². The Labute approximate surface area is 152 Å². The molecule has 5 heteroatoms. The first kappa shape index (κ1) is 18.0. The van der Waals surface area contributed by atoms with Crippen molar-refractivity contribution in [2.75, 3.05) is 34.0 Å². The highest BCUT2D eigenvalue weighted by molar-refractivity contribution is 5.80. The molecule has 2 aromatic carbocycles. The van der Waals surface area contributed by atoms with Gasteiger partial charge in [-0.25, -0.2) is 0 Å². The van der Waals surface area contributed by atoms with Gasteiger partial charge in [0.25, 0.3) is 0 Å². The minimum absolute atomic E-state index is 0.566. The van der Waals surface area contributed by atoms with Gasteiger partial charge in [0.1, 0.15) is 22.8 Å². The second kappa shape index (κ2) is 8.54. The van der Waals surface area contributed by atoms with E-state index >= 15 is 0 Å². The highest BCUT2D eigenvalue weighted by Crippen LogP contribution is 2.26. The van der Waals surface area contributed by atoms with Gasteiger partial charge in [-0.15, -0.1) is 0 Å². The van der Waals surface area contributed by atoms with Crippen LogP contribution in [0.15, 0.2) is 57.9 Å². The molecule has 0 aliphatic heterocycles. The first-order chi connectivity index (χ1) is 12.7. The highest BCUT2D eigenvalue weighted by Gasteiger charge is 2.08. The van der Waals surface area contributed by atoms with Crippen LogP contribution in [0.1, 0.15) is 6.92 Å². The zero-order chi connectivity index (χ0) is 18.4. The summed E-state index contributed by atoms with van der Waals surface area (Å²) in [5.74, 6) is 2.36. The summed E-state index contributed by atoms with van der Waals surface area (Å²) >= 11 is 0. The minimum atomic E-state index is 0.566. The molecule has 0 saturated carbocycles. The first-order valence-corrected chi connectivity index (χ1v) is 8.59. The monoisotopic (exact) mass is 353 g/mol. The van der Waals surface area contributed by atoms with Gasteiger partial charge >= 0.3 is 0 Å². The number of rotatable bonds is 7. The topological polar surface area (TPSA) is 53.2 Å². The van der Waals surface area contributed by atoms with Crippen LogP contribution in [-0.2, 0) is 4.74 Å². The van der Waals surface area contributed by atoms with Gasteiger partial charge in [0.2, 0.25) is 0 Å². The largest absolute Gasteiger partial charge is 0.497 e. The van der Waals surface area contributed by atoms with Crippen molar-refractivity contribution in [3.05, 3.63) is 53.9 Å². The zero-order valence-electron chi connectivity index (χ0n) is 15.3. The normalized spacial score (nSPS) is 11.7. The third-order valence-corrected chi connectivity index (χ3v) is 3.98. The fourth-order valence-corrected chi connectivity index (χ4v) is 2.69. The van der Waals surface area contributed by atoms with Crippen molar-refractivity contribution < 1.29 is 18.6 Å². The minimum Gasteiger partial charge on any atom is -0.497 e. The molecule has 3 aromatic rings. The molecule has 0 spiro atoms. The summed E-state index contributed by atoms with van der Waals surface area (Å²) in [6, 6.07) is 15.5. The number of ether oxygens (including phenoxy) is 3. The van der Waals surface area contributed by atoms with E-state index in [4.69, 9.17) is 18.6 Å². The first-order valence-electron chi connectivity index (χ1n) is 8.59. The SMILES string of the molecule is CCOc1ccc2oc(-c3ccc(OC)cc3)cc(=NCCOC)c2c1. The van der Waals surface area contributed by atoms with Crippen LogP contribution < -0.4 is 14.8 Å². The summed E-state index contributed by atoms with van der Waals surface area (Å²) < 4.78 is 22.1. The molecule has 0 saturated heterocycles. The molecule has 26 heavy (non-hydrogen) atoms. The fraction of sp³-hybridized carbons (Fsp3) is 0.286. The average Bonchev–Trinajstić information content (AvgIpc) is 2.68. The van der Waals surface area contributed by atoms with E-state index in [1.807, 2.05) is 55.5 Å². The van der Waals surface area contributed by atoms with Crippen LogP contribution in [0.3, 0.4) is 0 Å². The maximum atomic E-state index is 6.11. The van der Waals surface area contributed by atoms with Gasteiger partial charge in [0, 0.05) is 24.1 Å². The van der Waals surface area contributed by atoms with Crippen molar-refractivity contribution in [2.24, 2.45) is 4.99 Å². The van der Waals surface area contributed by atoms with E-state index in [1.165, 1.54) is 0 Å². The van der Waals surface area contributed by atoms with E-state index in [0.29, 0.717) is 19.8 Å². The Morgan fingerprint density at radius 1 is 0.962 bits per heavy atom. The van der Waals surface area contributed by atoms with Crippen LogP contribution in [0.4, 0.5) is 0 Å². The predicted molar refractivity (Wildman–Crippen MR) is 102 cm³/mol. The molecule has 0 aliphatic rings. The smallest absolute Gasteiger partial charge is 0.137 e. The molecule has 5 nitrogen and oxygen atoms in total. The molecular weight excluding hydrogens is 330 g/mol. The molecule has 0 atom stereocenters. The van der Waals surface area contributed by atoms with Crippen LogP contribution in [0.2, 0.25) is 0 Å². The van der Waals surface area contributed by atoms with Crippen molar-refractivity contribution >= 4 is 11.0 Å². The number of methoxy groups -OCH3 is 2. The molecule has 1 heterocycles. The summed E-state index contributed by atoms with van der Waals surface area (Å²) in [5.41, 5.74) is 1.72. The molecule has 0 radical (unpaired) electrons. The maximum absolute atomic E-state index is 6.11. The van der Waals surface area contributed by atoms with E-state index in [1.54, 1.807) is 14.2 Å². The molecular formula is C21H23NO4. The maximum Gasteiger partial charge on any atom is 0.137 e. The van der Waals surface area contributed by atoms with Crippen molar-refractivity contribution in [3.8, 4) is 22.8 Å². The Kier molecular flexibility index (Phi) is 5.92. The third kappa shape index (κ3) is 4.06. The van der Waals surface area contributed by atoms with Crippen molar-refractivity contribution in [1.29, 1.82) is 0 Å². The van der Waals surface area contributed by atoms with E-state index < -0.39 is 0 Å². The van der Waals surface area contributed by atoms with Gasteiger partial charge in [-0.05, 0) is 49.4 Å². The van der Waals surface area contributed by atoms with Crippen LogP contribution in [0.5, 0.6) is 11.5 Å². The molecule has 3 rings (SSSR count). The Balaban J connectivity index is 2.12. The van der Waals surface area contributed by atoms with Gasteiger partial charge in [-0.2, -0.15) is 0 Å². The standard InChI is InChI=1S/C21H23NO4/c1-4-25-17-9-10-20-18(13-17)19(22-11-12-23-2)14-21(26-20)15-5-7-16(24-3)8-6-15/h5-10,13-14H,4,11-12H2,1-3H3. The Hall–Kier alpha value is -2.79. The lowest BCUT2D eigenvalue weighted by molar-refractivity contribution is 0.207. The van der Waals surface area contributed by atoms with E-state index in [2.05, 4.69) is 4.99 Å². The second-order valence-corrected chi connectivity index (χ2v) is 5.69. The Bertz CT molecular complexity index is 929. The predicted octanol–water partition coefficient (Wildman–Crippen LogP) is 4.05. The van der Waals surface area contributed by atoms with Crippen molar-refractivity contribution in [1.82, 2.24) is 0 Å². The average molecular weight is 353 g/mol. The van der Waals surface area contributed by atoms with E-state index in [-0.39, 0.29) is 0 Å². The number of hydrogen-bond donors (Lipinski definition) is 0. The van der Waals surface area contributed by atoms with E-state index in [9.17, 15) is 0 Å². The quantitative estimate of drug-likeness (QED) is 0.601. The molecule has 0 unspecified atom stereocenters. The summed E-state index contributed by atoms with van der Waals surface area (Å²) in [6.45, 7) is 3.72. The lowest BCUT2D eigenvalue weighted by Crippen LogP contribution is -2.07. The molecule has 0 bridgehead atoms. The van der Waals surface area contributed by atoms with Gasteiger partial charge in [0.05, 0.1) is 32.2 Å². The summed E-state index contributed by atoms with van der Waals surface area (Å²) in [5, 5.41) is 1.78. The molecule has 0 N–H and O–H groups in total. The van der Waals surface area contributed by atoms with Crippen LogP contribution in [0.25, 0.3) is 22.3 Å². The fourth-order valence-electron chi connectivity index (χ4n) is 2.69. The number of hydrogen-bond acceptors (Lipinski definition) is 5. The molecule has 0 fully saturated rings. The van der Waals surface area contributed by atoms with Gasteiger partial charge in [-0.1, -0.05) is 0 Å². The molecule has 0 aliphatic carbocycles. The van der Waals surface area contributed by atoms with Gasteiger partial charge in [0.15, 0.2) is 0 Å². The lowest BCUT2D eigenvalue weighted by Gasteiger charge is -2.08. The third-order valence-electron chi connectivity index (χ3n) is 3.98. The van der Waals surface area contributed by atoms with Crippen molar-refractivity contribution in [2.45, 2.75) is 6.92 Å². The second-order valence-electron chi connectivity index (χ2n) is 5.69. The summed E-state index contributed by atoms with van der Waals surface area (Å²) in [6.07, 6.45) is 0. The molecule has 1 aromatic heterocycles. The van der Waals surface area contributed by atoms with Crippen LogP contribution >= 0.6 is 0 Å². The molecule has 136 valence electrons. The Morgan fingerprint density at radius 2 is 1.73 bits per heavy atom. The zero-order valence-corrected chi connectivity index (χ0v) is 15.3. The Morgan fingerprint density at radius 3 is 2.42 bits per heavy atom. The lowest BCUT2D eigenvalue weighted by atomic mass is 10.1. The summed E-state index contributed by atoms with van der Waals surface area (Å²) in [7, 11) is 3.32. The van der Waals surface area contributed by atoms with Gasteiger partial charge < -0.3 is 18.6 Å². The van der Waals surface area contributed by atoms with E-state index in [0.717, 1.165) is 39.1 Å². The number of nitrogens with zero attached hydrogens (tertiary/aromatic N) is 1. The highest BCUT2D eigenvalue weighted by atomic mass is 16.5. The van der Waals surface area contributed by atoms with Crippen LogP contribution in [-0.4, -0.2) is 34.0 Å².